The maximum Gasteiger partial charge on any atom is 0.136 e. The SMILES string of the molecule is O[C@H]1[C@H](O)CO[C@@H]1CSc1ccccc1F. The van der Waals surface area contributed by atoms with Gasteiger partial charge in [-0.05, 0) is 12.1 Å². The highest BCUT2D eigenvalue weighted by molar-refractivity contribution is 7.99. The molecule has 1 aromatic rings. The Bertz CT molecular complexity index is 361. The Labute approximate surface area is 97.2 Å². The standard InChI is InChI=1S/C11H13FO3S/c12-7-3-1-2-4-10(7)16-6-9-11(14)8(13)5-15-9/h1-4,8-9,11,13-14H,5-6H2/t8-,9-,11+/m1/s1. The molecule has 1 heterocycles. The minimum absolute atomic E-state index is 0.143. The fourth-order valence-corrected chi connectivity index (χ4v) is 2.57. The molecule has 88 valence electrons. The van der Waals surface area contributed by atoms with Crippen molar-refractivity contribution >= 4 is 11.8 Å². The van der Waals surface area contributed by atoms with E-state index in [4.69, 9.17) is 4.74 Å². The molecule has 0 spiro atoms. The Balaban J connectivity index is 1.91. The van der Waals surface area contributed by atoms with E-state index in [0.717, 1.165) is 0 Å². The van der Waals surface area contributed by atoms with Crippen LogP contribution in [-0.4, -0.2) is 40.9 Å². The highest BCUT2D eigenvalue weighted by atomic mass is 32.2. The van der Waals surface area contributed by atoms with Crippen molar-refractivity contribution < 1.29 is 19.3 Å². The Morgan fingerprint density at radius 2 is 2.12 bits per heavy atom. The normalized spacial score (nSPS) is 29.6. The van der Waals surface area contributed by atoms with E-state index in [0.29, 0.717) is 10.6 Å². The second kappa shape index (κ2) is 5.14. The number of benzene rings is 1. The third-order valence-corrected chi connectivity index (χ3v) is 3.63. The summed E-state index contributed by atoms with van der Waals surface area (Å²) in [5.41, 5.74) is 0. The van der Waals surface area contributed by atoms with Crippen LogP contribution in [-0.2, 0) is 4.74 Å². The molecule has 5 heteroatoms. The highest BCUT2D eigenvalue weighted by Crippen LogP contribution is 2.26. The molecule has 1 aromatic carbocycles. The van der Waals surface area contributed by atoms with Crippen LogP contribution < -0.4 is 0 Å². The molecule has 16 heavy (non-hydrogen) atoms. The molecule has 1 aliphatic heterocycles. The third-order valence-electron chi connectivity index (χ3n) is 2.50. The van der Waals surface area contributed by atoms with Crippen LogP contribution in [0.3, 0.4) is 0 Å². The molecular weight excluding hydrogens is 231 g/mol. The summed E-state index contributed by atoms with van der Waals surface area (Å²) in [6, 6.07) is 6.46. The molecule has 1 fully saturated rings. The number of hydrogen-bond acceptors (Lipinski definition) is 4. The molecule has 0 aliphatic carbocycles. The Morgan fingerprint density at radius 1 is 1.38 bits per heavy atom. The molecule has 2 N–H and O–H groups in total. The van der Waals surface area contributed by atoms with Crippen LogP contribution in [0.1, 0.15) is 0 Å². The van der Waals surface area contributed by atoms with Gasteiger partial charge in [0, 0.05) is 10.6 Å². The number of ether oxygens (including phenoxy) is 1. The Hall–Kier alpha value is -0.620. The van der Waals surface area contributed by atoms with Crippen LogP contribution in [0.5, 0.6) is 0 Å². The van der Waals surface area contributed by atoms with Crippen molar-refractivity contribution in [2.24, 2.45) is 0 Å². The summed E-state index contributed by atoms with van der Waals surface area (Å²) in [4.78, 5) is 0.527. The summed E-state index contributed by atoms with van der Waals surface area (Å²) in [7, 11) is 0. The van der Waals surface area contributed by atoms with Gasteiger partial charge in [-0.15, -0.1) is 11.8 Å². The second-order valence-corrected chi connectivity index (χ2v) is 4.73. The zero-order valence-corrected chi connectivity index (χ0v) is 9.36. The third kappa shape index (κ3) is 2.55. The van der Waals surface area contributed by atoms with Gasteiger partial charge in [-0.25, -0.2) is 4.39 Å². The van der Waals surface area contributed by atoms with Crippen LogP contribution in [0.2, 0.25) is 0 Å². The largest absolute Gasteiger partial charge is 0.388 e. The molecule has 1 aliphatic rings. The molecule has 0 amide bonds. The van der Waals surface area contributed by atoms with Gasteiger partial charge in [0.05, 0.1) is 12.7 Å². The molecule has 0 aromatic heterocycles. The number of aliphatic hydroxyl groups is 2. The van der Waals surface area contributed by atoms with Crippen molar-refractivity contribution in [2.45, 2.75) is 23.2 Å². The van der Waals surface area contributed by atoms with Crippen molar-refractivity contribution in [2.75, 3.05) is 12.4 Å². The minimum atomic E-state index is -0.876. The van der Waals surface area contributed by atoms with Gasteiger partial charge < -0.3 is 14.9 Å². The Kier molecular flexibility index (Phi) is 3.81. The average Bonchev–Trinajstić information content (AvgIpc) is 2.59. The second-order valence-electron chi connectivity index (χ2n) is 3.67. The first-order valence-corrected chi connectivity index (χ1v) is 6.02. The van der Waals surface area contributed by atoms with Crippen molar-refractivity contribution in [3.8, 4) is 0 Å². The number of thioether (sulfide) groups is 1. The van der Waals surface area contributed by atoms with Gasteiger partial charge in [0.1, 0.15) is 18.0 Å². The van der Waals surface area contributed by atoms with E-state index in [-0.39, 0.29) is 12.4 Å². The Morgan fingerprint density at radius 3 is 2.75 bits per heavy atom. The summed E-state index contributed by atoms with van der Waals surface area (Å²) >= 11 is 1.28. The van der Waals surface area contributed by atoms with Gasteiger partial charge in [-0.3, -0.25) is 0 Å². The van der Waals surface area contributed by atoms with Crippen molar-refractivity contribution in [1.29, 1.82) is 0 Å². The van der Waals surface area contributed by atoms with E-state index in [1.807, 2.05) is 0 Å². The summed E-state index contributed by atoms with van der Waals surface area (Å²) in [5, 5.41) is 18.8. The lowest BCUT2D eigenvalue weighted by Crippen LogP contribution is -2.31. The van der Waals surface area contributed by atoms with Crippen LogP contribution in [0, 0.1) is 5.82 Å². The fourth-order valence-electron chi connectivity index (χ4n) is 1.55. The van der Waals surface area contributed by atoms with E-state index in [1.54, 1.807) is 18.2 Å². The first kappa shape index (κ1) is 11.9. The molecular formula is C11H13FO3S. The van der Waals surface area contributed by atoms with E-state index >= 15 is 0 Å². The van der Waals surface area contributed by atoms with Gasteiger partial charge in [0.25, 0.3) is 0 Å². The lowest BCUT2D eigenvalue weighted by molar-refractivity contribution is 0.0337. The summed E-state index contributed by atoms with van der Waals surface area (Å²) in [6.45, 7) is 0.143. The van der Waals surface area contributed by atoms with E-state index in [1.165, 1.54) is 17.8 Å². The van der Waals surface area contributed by atoms with Gasteiger partial charge in [0.15, 0.2) is 0 Å². The van der Waals surface area contributed by atoms with Crippen molar-refractivity contribution in [3.05, 3.63) is 30.1 Å². The minimum Gasteiger partial charge on any atom is -0.388 e. The first-order chi connectivity index (χ1) is 7.68. The van der Waals surface area contributed by atoms with E-state index in [9.17, 15) is 14.6 Å². The molecule has 0 unspecified atom stereocenters. The number of hydrogen-bond donors (Lipinski definition) is 2. The molecule has 3 nitrogen and oxygen atoms in total. The highest BCUT2D eigenvalue weighted by Gasteiger charge is 2.34. The van der Waals surface area contributed by atoms with Gasteiger partial charge in [-0.2, -0.15) is 0 Å². The van der Waals surface area contributed by atoms with Gasteiger partial charge in [0.2, 0.25) is 0 Å². The predicted molar refractivity (Wildman–Crippen MR) is 58.9 cm³/mol. The monoisotopic (exact) mass is 244 g/mol. The van der Waals surface area contributed by atoms with E-state index < -0.39 is 18.3 Å². The topological polar surface area (TPSA) is 49.7 Å². The number of aliphatic hydroxyl groups excluding tert-OH is 2. The lowest BCUT2D eigenvalue weighted by atomic mass is 10.2. The van der Waals surface area contributed by atoms with E-state index in [2.05, 4.69) is 0 Å². The fraction of sp³-hybridized carbons (Fsp3) is 0.455. The van der Waals surface area contributed by atoms with Crippen LogP contribution >= 0.6 is 11.8 Å². The zero-order valence-electron chi connectivity index (χ0n) is 8.54. The molecule has 3 atom stereocenters. The molecule has 0 bridgehead atoms. The lowest BCUT2D eigenvalue weighted by Gasteiger charge is -2.14. The summed E-state index contributed by atoms with van der Waals surface area (Å²) < 4.78 is 18.5. The molecule has 1 saturated heterocycles. The van der Waals surface area contributed by atoms with Crippen molar-refractivity contribution in [3.63, 3.8) is 0 Å². The summed E-state index contributed by atoms with van der Waals surface area (Å²) in [5.74, 6) is 0.152. The quantitative estimate of drug-likeness (QED) is 0.780. The molecule has 0 radical (unpaired) electrons. The average molecular weight is 244 g/mol. The molecule has 0 saturated carbocycles. The van der Waals surface area contributed by atoms with Crippen molar-refractivity contribution in [1.82, 2.24) is 0 Å². The smallest absolute Gasteiger partial charge is 0.136 e. The van der Waals surface area contributed by atoms with Gasteiger partial charge >= 0.3 is 0 Å². The zero-order chi connectivity index (χ0) is 11.5. The summed E-state index contributed by atoms with van der Waals surface area (Å²) in [6.07, 6.45) is -2.13. The first-order valence-electron chi connectivity index (χ1n) is 5.03. The maximum atomic E-state index is 13.3. The maximum absolute atomic E-state index is 13.3. The molecule has 2 rings (SSSR count). The predicted octanol–water partition coefficient (Wildman–Crippen LogP) is 1.04. The van der Waals surface area contributed by atoms with Gasteiger partial charge in [-0.1, -0.05) is 12.1 Å². The van der Waals surface area contributed by atoms with Crippen LogP contribution in [0.15, 0.2) is 29.2 Å². The number of rotatable bonds is 3. The van der Waals surface area contributed by atoms with Crippen LogP contribution in [0.4, 0.5) is 4.39 Å². The van der Waals surface area contributed by atoms with Crippen LogP contribution in [0.25, 0.3) is 0 Å². The number of halogens is 1.